The number of hydrogen-bond donors (Lipinski definition) is 2. The fourth-order valence-corrected chi connectivity index (χ4v) is 7.97. The summed E-state index contributed by atoms with van der Waals surface area (Å²) >= 11 is 13.5. The molecule has 0 aliphatic heterocycles. The lowest BCUT2D eigenvalue weighted by molar-refractivity contribution is -0.0796. The molecule has 7 heteroatoms. The molecule has 2 aliphatic rings. The molecular weight excluding hydrogens is 464 g/mol. The number of nitrogens with zero attached hydrogens (tertiary/aromatic N) is 1. The maximum Gasteiger partial charge on any atom is 0.180 e. The van der Waals surface area contributed by atoms with Gasteiger partial charge in [0.15, 0.2) is 5.13 Å². The number of nitrogen functional groups attached to an aromatic ring is 1. The molecule has 2 atom stereocenters. The van der Waals surface area contributed by atoms with E-state index in [1.807, 2.05) is 25.3 Å². The summed E-state index contributed by atoms with van der Waals surface area (Å²) in [5.41, 5.74) is 8.56. The van der Waals surface area contributed by atoms with Crippen molar-refractivity contribution in [2.24, 2.45) is 11.8 Å². The lowest BCUT2D eigenvalue weighted by Crippen LogP contribution is -2.46. The van der Waals surface area contributed by atoms with Crippen LogP contribution in [0.5, 0.6) is 0 Å². The summed E-state index contributed by atoms with van der Waals surface area (Å²) in [4.78, 5) is 4.55. The van der Waals surface area contributed by atoms with Crippen LogP contribution in [-0.4, -0.2) is 17.7 Å². The van der Waals surface area contributed by atoms with E-state index in [4.69, 9.17) is 22.1 Å². The molecule has 2 heterocycles. The van der Waals surface area contributed by atoms with Gasteiger partial charge in [-0.05, 0) is 86.9 Å². The molecule has 3 nitrogen and oxygen atoms in total. The highest BCUT2D eigenvalue weighted by molar-refractivity contribution is 7.83. The Bertz CT molecular complexity index is 1060. The van der Waals surface area contributed by atoms with Crippen molar-refractivity contribution in [3.8, 4) is 0 Å². The first-order valence-corrected chi connectivity index (χ1v) is 13.3. The van der Waals surface area contributed by atoms with E-state index in [0.717, 1.165) is 21.1 Å². The molecule has 0 radical (unpaired) electrons. The first-order valence-electron chi connectivity index (χ1n) is 10.7. The van der Waals surface area contributed by atoms with Gasteiger partial charge in [0.25, 0.3) is 0 Å². The van der Waals surface area contributed by atoms with Crippen LogP contribution in [0.15, 0.2) is 27.8 Å². The minimum absolute atomic E-state index is 0.0933. The molecule has 2 fully saturated rings. The van der Waals surface area contributed by atoms with E-state index in [2.05, 4.69) is 43.8 Å². The van der Waals surface area contributed by atoms with E-state index in [1.165, 1.54) is 53.4 Å². The first-order chi connectivity index (χ1) is 14.6. The number of aromatic nitrogens is 1. The standard InChI is InChI=1S/C15H24N2OS.C9H7ClS2/c1-14(12-9-19-13(16)17-12)5-10-4-11(6-14)8-15(2,7-10)18-3;1-5-7-4-6(10)2-3-8(7)12-9(5)11/h9-11H,4-8H2,1-3H3,(H2,16,17);2-4,11H,1H3. The van der Waals surface area contributed by atoms with E-state index in [0.29, 0.717) is 5.13 Å². The van der Waals surface area contributed by atoms with E-state index >= 15 is 0 Å². The number of thiophene rings is 1. The second kappa shape index (κ2) is 8.86. The molecule has 5 rings (SSSR count). The van der Waals surface area contributed by atoms with Gasteiger partial charge < -0.3 is 10.5 Å². The fraction of sp³-hybridized carbons (Fsp3) is 0.542. The summed E-state index contributed by atoms with van der Waals surface area (Å²) in [7, 11) is 1.86. The minimum atomic E-state index is 0.0933. The molecule has 2 aromatic heterocycles. The van der Waals surface area contributed by atoms with E-state index < -0.39 is 0 Å². The van der Waals surface area contributed by atoms with Crippen LogP contribution in [0.4, 0.5) is 5.13 Å². The zero-order valence-electron chi connectivity index (χ0n) is 18.6. The number of thiol groups is 1. The number of ether oxygens (including phenoxy) is 1. The molecule has 2 bridgehead atoms. The molecule has 1 aromatic carbocycles. The number of thiazole rings is 1. The highest BCUT2D eigenvalue weighted by Gasteiger charge is 2.47. The van der Waals surface area contributed by atoms with E-state index in [9.17, 15) is 0 Å². The molecule has 2 aliphatic carbocycles. The monoisotopic (exact) mass is 494 g/mol. The Morgan fingerprint density at radius 1 is 1.19 bits per heavy atom. The van der Waals surface area contributed by atoms with Crippen LogP contribution in [0.3, 0.4) is 0 Å². The van der Waals surface area contributed by atoms with Crippen LogP contribution in [0, 0.1) is 18.8 Å². The highest BCUT2D eigenvalue weighted by atomic mass is 35.5. The van der Waals surface area contributed by atoms with Crippen molar-refractivity contribution < 1.29 is 4.74 Å². The normalized spacial score (nSPS) is 30.1. The third-order valence-corrected chi connectivity index (χ3v) is 9.69. The molecule has 2 N–H and O–H groups in total. The molecule has 0 saturated heterocycles. The third kappa shape index (κ3) is 4.93. The summed E-state index contributed by atoms with van der Waals surface area (Å²) < 4.78 is 8.09. The zero-order chi connectivity index (χ0) is 22.4. The maximum absolute atomic E-state index is 5.88. The Hall–Kier alpha value is -0.790. The number of anilines is 1. The third-order valence-electron chi connectivity index (χ3n) is 7.09. The van der Waals surface area contributed by atoms with Crippen LogP contribution >= 0.6 is 46.9 Å². The summed E-state index contributed by atoms with van der Waals surface area (Å²) in [6.45, 7) is 6.71. The topological polar surface area (TPSA) is 48.1 Å². The van der Waals surface area contributed by atoms with Gasteiger partial charge in [0, 0.05) is 27.6 Å². The van der Waals surface area contributed by atoms with Crippen molar-refractivity contribution >= 4 is 62.1 Å². The summed E-state index contributed by atoms with van der Waals surface area (Å²) in [6.07, 6.45) is 6.20. The summed E-state index contributed by atoms with van der Waals surface area (Å²) in [5, 5.41) is 4.87. The molecule has 2 unspecified atom stereocenters. The average Bonchev–Trinajstić information content (AvgIpc) is 3.26. The lowest BCUT2D eigenvalue weighted by atomic mass is 9.57. The predicted octanol–water partition coefficient (Wildman–Crippen LogP) is 7.75. The number of rotatable bonds is 2. The van der Waals surface area contributed by atoms with Crippen molar-refractivity contribution in [3.05, 3.63) is 39.9 Å². The Morgan fingerprint density at radius 3 is 2.45 bits per heavy atom. The Kier molecular flexibility index (Phi) is 6.68. The van der Waals surface area contributed by atoms with Gasteiger partial charge in [-0.3, -0.25) is 0 Å². The number of benzene rings is 1. The summed E-state index contributed by atoms with van der Waals surface area (Å²) in [5.74, 6) is 1.54. The van der Waals surface area contributed by atoms with Gasteiger partial charge in [-0.25, -0.2) is 4.98 Å². The lowest BCUT2D eigenvalue weighted by Gasteiger charge is -2.50. The quantitative estimate of drug-likeness (QED) is 0.358. The SMILES string of the molecule is COC1(C)CC2CC(C1)CC(C)(c1csc(N)n1)C2.Cc1c(S)sc2ccc(Cl)cc12. The smallest absolute Gasteiger partial charge is 0.180 e. The average molecular weight is 495 g/mol. The van der Waals surface area contributed by atoms with Crippen molar-refractivity contribution in [2.45, 2.75) is 68.1 Å². The largest absolute Gasteiger partial charge is 0.379 e. The first kappa shape index (κ1) is 23.4. The highest BCUT2D eigenvalue weighted by Crippen LogP contribution is 2.53. The van der Waals surface area contributed by atoms with Crippen LogP contribution in [0.1, 0.15) is 57.2 Å². The molecule has 2 saturated carbocycles. The molecule has 168 valence electrons. The predicted molar refractivity (Wildman–Crippen MR) is 138 cm³/mol. The molecule has 0 amide bonds. The van der Waals surface area contributed by atoms with E-state index in [1.54, 1.807) is 22.7 Å². The fourth-order valence-electron chi connectivity index (χ4n) is 5.73. The van der Waals surface area contributed by atoms with Gasteiger partial charge in [-0.2, -0.15) is 0 Å². The van der Waals surface area contributed by atoms with Gasteiger partial charge in [-0.15, -0.1) is 35.3 Å². The summed E-state index contributed by atoms with van der Waals surface area (Å²) in [6, 6.07) is 5.94. The second-order valence-electron chi connectivity index (χ2n) is 9.74. The van der Waals surface area contributed by atoms with E-state index in [-0.39, 0.29) is 11.0 Å². The number of methoxy groups -OCH3 is 1. The number of nitrogens with two attached hydrogens (primary N) is 1. The van der Waals surface area contributed by atoms with Gasteiger partial charge in [0.1, 0.15) is 0 Å². The molecule has 0 spiro atoms. The van der Waals surface area contributed by atoms with Crippen molar-refractivity contribution in [2.75, 3.05) is 12.8 Å². The van der Waals surface area contributed by atoms with Gasteiger partial charge >= 0.3 is 0 Å². The van der Waals surface area contributed by atoms with Gasteiger partial charge in [0.2, 0.25) is 0 Å². The van der Waals surface area contributed by atoms with Crippen molar-refractivity contribution in [3.63, 3.8) is 0 Å². The molecule has 3 aromatic rings. The number of halogens is 1. The van der Waals surface area contributed by atoms with Crippen LogP contribution in [0.2, 0.25) is 5.02 Å². The maximum atomic E-state index is 5.88. The second-order valence-corrected chi connectivity index (χ2v) is 12.9. The van der Waals surface area contributed by atoms with Crippen molar-refractivity contribution in [1.29, 1.82) is 0 Å². The molecule has 31 heavy (non-hydrogen) atoms. The van der Waals surface area contributed by atoms with Crippen LogP contribution < -0.4 is 5.73 Å². The number of aryl methyl sites for hydroxylation is 1. The number of hydrogen-bond acceptors (Lipinski definition) is 6. The van der Waals surface area contributed by atoms with Gasteiger partial charge in [0.05, 0.1) is 15.5 Å². The Labute approximate surface area is 203 Å². The van der Waals surface area contributed by atoms with Crippen molar-refractivity contribution in [1.82, 2.24) is 4.98 Å². The van der Waals surface area contributed by atoms with Gasteiger partial charge in [-0.1, -0.05) is 18.5 Å². The minimum Gasteiger partial charge on any atom is -0.379 e. The Balaban J connectivity index is 0.000000166. The van der Waals surface area contributed by atoms with Crippen LogP contribution in [-0.2, 0) is 10.2 Å². The molecular formula is C24H31ClN2OS3. The Morgan fingerprint density at radius 2 is 1.87 bits per heavy atom. The van der Waals surface area contributed by atoms with Crippen LogP contribution in [0.25, 0.3) is 10.1 Å². The number of fused-ring (bicyclic) bond motifs is 3. The zero-order valence-corrected chi connectivity index (χ0v) is 21.9.